The summed E-state index contributed by atoms with van der Waals surface area (Å²) in [6, 6.07) is 35.2. The third-order valence-electron chi connectivity index (χ3n) is 8.52. The van der Waals surface area contributed by atoms with E-state index in [1.807, 2.05) is 91.0 Å². The maximum Gasteiger partial charge on any atom is 0.318 e. The van der Waals surface area contributed by atoms with Crippen LogP contribution in [0.25, 0.3) is 0 Å². The lowest BCUT2D eigenvalue weighted by atomic mass is 9.87. The number of ether oxygens (including phenoxy) is 4. The maximum absolute atomic E-state index is 14.0. The Morgan fingerprint density at radius 2 is 1.38 bits per heavy atom. The summed E-state index contributed by atoms with van der Waals surface area (Å²) in [6.45, 7) is 0.999. The van der Waals surface area contributed by atoms with E-state index >= 15 is 0 Å². The highest BCUT2D eigenvalue weighted by molar-refractivity contribution is 5.94. The van der Waals surface area contributed by atoms with Gasteiger partial charge in [-0.2, -0.15) is 0 Å². The average molecular weight is 645 g/mol. The second-order valence-corrected chi connectivity index (χ2v) is 11.4. The zero-order valence-electron chi connectivity index (χ0n) is 26.8. The second kappa shape index (κ2) is 14.7. The molecule has 1 atom stereocenters. The van der Waals surface area contributed by atoms with Crippen molar-refractivity contribution in [3.8, 4) is 23.0 Å². The third kappa shape index (κ3) is 6.95. The fourth-order valence-corrected chi connectivity index (χ4v) is 6.14. The standard InChI is InChI=1S/C39H36N2O7/c1-45-35-24-32-30(23-36(35)48-26-28-14-8-4-9-15-28)20-21-40(39(42)29-16-10-5-11-17-29)33(32)22-31-18-19-34(38(46-2)37(31)41(43)44)47-25-27-12-6-3-7-13-27/h3-19,23-24,33H,20-22,25-26H2,1-2H3. The minimum absolute atomic E-state index is 0.0349. The minimum atomic E-state index is -0.543. The van der Waals surface area contributed by atoms with Crippen LogP contribution >= 0.6 is 0 Å². The number of methoxy groups -OCH3 is 2. The van der Waals surface area contributed by atoms with Gasteiger partial charge in [-0.3, -0.25) is 14.9 Å². The number of benzene rings is 5. The lowest BCUT2D eigenvalue weighted by Gasteiger charge is -2.38. The molecule has 244 valence electrons. The summed E-state index contributed by atoms with van der Waals surface area (Å²) in [6.07, 6.45) is 0.734. The predicted octanol–water partition coefficient (Wildman–Crippen LogP) is 7.75. The highest BCUT2D eigenvalue weighted by Crippen LogP contribution is 2.45. The molecule has 0 radical (unpaired) electrons. The van der Waals surface area contributed by atoms with Crippen LogP contribution in [0.1, 0.15) is 44.2 Å². The second-order valence-electron chi connectivity index (χ2n) is 11.4. The Morgan fingerprint density at radius 3 is 1.96 bits per heavy atom. The van der Waals surface area contributed by atoms with Crippen molar-refractivity contribution >= 4 is 11.6 Å². The molecule has 0 spiro atoms. The van der Waals surface area contributed by atoms with Crippen LogP contribution in [-0.2, 0) is 26.1 Å². The van der Waals surface area contributed by atoms with E-state index in [1.54, 1.807) is 36.3 Å². The number of hydrogen-bond donors (Lipinski definition) is 0. The zero-order chi connectivity index (χ0) is 33.5. The number of hydrogen-bond acceptors (Lipinski definition) is 7. The van der Waals surface area contributed by atoms with Gasteiger partial charge in [0.25, 0.3) is 5.91 Å². The van der Waals surface area contributed by atoms with Gasteiger partial charge in [-0.05, 0) is 65.1 Å². The summed E-state index contributed by atoms with van der Waals surface area (Å²) < 4.78 is 23.6. The third-order valence-corrected chi connectivity index (χ3v) is 8.52. The summed E-state index contributed by atoms with van der Waals surface area (Å²) in [4.78, 5) is 28.0. The van der Waals surface area contributed by atoms with Crippen LogP contribution in [0.4, 0.5) is 5.69 Å². The molecule has 6 rings (SSSR count). The summed E-state index contributed by atoms with van der Waals surface area (Å²) in [5, 5.41) is 12.6. The Morgan fingerprint density at radius 1 is 0.771 bits per heavy atom. The molecular formula is C39H36N2O7. The molecule has 5 aromatic rings. The lowest BCUT2D eigenvalue weighted by molar-refractivity contribution is -0.386. The number of nitro groups is 1. The number of carbonyl (C=O) groups is 1. The predicted molar refractivity (Wildman–Crippen MR) is 182 cm³/mol. The Bertz CT molecular complexity index is 1880. The number of nitrogens with zero attached hydrogens (tertiary/aromatic N) is 2. The lowest BCUT2D eigenvalue weighted by Crippen LogP contribution is -2.41. The Labute approximate surface area is 279 Å². The molecule has 0 saturated carbocycles. The van der Waals surface area contributed by atoms with E-state index in [4.69, 9.17) is 18.9 Å². The van der Waals surface area contributed by atoms with Crippen LogP contribution in [0.5, 0.6) is 23.0 Å². The Balaban J connectivity index is 1.38. The first-order chi connectivity index (χ1) is 23.5. The van der Waals surface area contributed by atoms with Crippen LogP contribution in [0.3, 0.4) is 0 Å². The molecule has 1 amide bonds. The fourth-order valence-electron chi connectivity index (χ4n) is 6.14. The summed E-state index contributed by atoms with van der Waals surface area (Å²) in [7, 11) is 2.97. The van der Waals surface area contributed by atoms with E-state index in [9.17, 15) is 14.9 Å². The van der Waals surface area contributed by atoms with Gasteiger partial charge in [-0.1, -0.05) is 78.9 Å². The first kappa shape index (κ1) is 32.1. The topological polar surface area (TPSA) is 100 Å². The van der Waals surface area contributed by atoms with Crippen LogP contribution in [0, 0.1) is 10.1 Å². The van der Waals surface area contributed by atoms with Gasteiger partial charge in [-0.25, -0.2) is 0 Å². The molecule has 0 bridgehead atoms. The Kier molecular flexibility index (Phi) is 9.85. The molecule has 0 aliphatic carbocycles. The van der Waals surface area contributed by atoms with Crippen molar-refractivity contribution in [3.05, 3.63) is 159 Å². The zero-order valence-corrected chi connectivity index (χ0v) is 26.8. The maximum atomic E-state index is 14.0. The summed E-state index contributed by atoms with van der Waals surface area (Å²) in [5.74, 6) is 1.24. The number of carbonyl (C=O) groups excluding carboxylic acids is 1. The van der Waals surface area contributed by atoms with Gasteiger partial charge in [0.15, 0.2) is 17.2 Å². The number of amides is 1. The van der Waals surface area contributed by atoms with Crippen LogP contribution in [0.2, 0.25) is 0 Å². The van der Waals surface area contributed by atoms with Gasteiger partial charge in [0, 0.05) is 24.1 Å². The van der Waals surface area contributed by atoms with Gasteiger partial charge in [0.2, 0.25) is 5.75 Å². The molecule has 9 nitrogen and oxygen atoms in total. The van der Waals surface area contributed by atoms with Crippen LogP contribution in [0.15, 0.2) is 115 Å². The monoisotopic (exact) mass is 644 g/mol. The Hall–Kier alpha value is -5.83. The first-order valence-corrected chi connectivity index (χ1v) is 15.7. The molecular weight excluding hydrogens is 608 g/mol. The van der Waals surface area contributed by atoms with Gasteiger partial charge in [0.1, 0.15) is 13.2 Å². The molecule has 48 heavy (non-hydrogen) atoms. The quantitative estimate of drug-likeness (QED) is 0.101. The van der Waals surface area contributed by atoms with Crippen LogP contribution in [-0.4, -0.2) is 36.5 Å². The van der Waals surface area contributed by atoms with Crippen LogP contribution < -0.4 is 18.9 Å². The highest BCUT2D eigenvalue weighted by Gasteiger charge is 2.36. The number of fused-ring (bicyclic) bond motifs is 1. The van der Waals surface area contributed by atoms with Crippen molar-refractivity contribution in [2.75, 3.05) is 20.8 Å². The summed E-state index contributed by atoms with van der Waals surface area (Å²) in [5.41, 5.74) is 4.52. The van der Waals surface area contributed by atoms with E-state index in [2.05, 4.69) is 0 Å². The molecule has 9 heteroatoms. The van der Waals surface area contributed by atoms with Crippen molar-refractivity contribution in [1.29, 1.82) is 0 Å². The molecule has 1 aliphatic heterocycles. The highest BCUT2D eigenvalue weighted by atomic mass is 16.6. The van der Waals surface area contributed by atoms with E-state index < -0.39 is 11.0 Å². The number of nitro benzene ring substituents is 1. The van der Waals surface area contributed by atoms with Crippen molar-refractivity contribution < 1.29 is 28.7 Å². The van der Waals surface area contributed by atoms with E-state index in [0.717, 1.165) is 22.3 Å². The first-order valence-electron chi connectivity index (χ1n) is 15.7. The minimum Gasteiger partial charge on any atom is -0.493 e. The molecule has 1 aliphatic rings. The van der Waals surface area contributed by atoms with Crippen molar-refractivity contribution in [1.82, 2.24) is 4.90 Å². The molecule has 0 fully saturated rings. The number of rotatable bonds is 12. The SMILES string of the molecule is COc1cc2c(cc1OCc1ccccc1)CCN(C(=O)c1ccccc1)C2Cc1ccc(OCc2ccccc2)c(OC)c1[N+](=O)[O-]. The molecule has 1 heterocycles. The summed E-state index contributed by atoms with van der Waals surface area (Å²) >= 11 is 0. The van der Waals surface area contributed by atoms with Crippen molar-refractivity contribution in [2.45, 2.75) is 32.1 Å². The van der Waals surface area contributed by atoms with Gasteiger partial charge < -0.3 is 23.8 Å². The molecule has 0 saturated heterocycles. The van der Waals surface area contributed by atoms with E-state index in [-0.39, 0.29) is 36.1 Å². The van der Waals surface area contributed by atoms with E-state index in [0.29, 0.717) is 42.2 Å². The fraction of sp³-hybridized carbons (Fsp3) is 0.205. The van der Waals surface area contributed by atoms with Gasteiger partial charge >= 0.3 is 5.69 Å². The normalized spacial score (nSPS) is 13.7. The largest absolute Gasteiger partial charge is 0.493 e. The molecule has 0 aromatic heterocycles. The smallest absolute Gasteiger partial charge is 0.318 e. The van der Waals surface area contributed by atoms with Crippen molar-refractivity contribution in [2.24, 2.45) is 0 Å². The van der Waals surface area contributed by atoms with E-state index in [1.165, 1.54) is 7.11 Å². The average Bonchev–Trinajstić information content (AvgIpc) is 3.13. The molecule has 1 unspecified atom stereocenters. The van der Waals surface area contributed by atoms with Gasteiger partial charge in [0.05, 0.1) is 25.2 Å². The molecule has 5 aromatic carbocycles. The van der Waals surface area contributed by atoms with Gasteiger partial charge in [-0.15, -0.1) is 0 Å². The van der Waals surface area contributed by atoms with Crippen molar-refractivity contribution in [3.63, 3.8) is 0 Å². The molecule has 0 N–H and O–H groups in total.